The molecule has 1 amide bonds. The quantitative estimate of drug-likeness (QED) is 0.853. The van der Waals surface area contributed by atoms with E-state index in [0.29, 0.717) is 22.1 Å². The second-order valence-corrected chi connectivity index (χ2v) is 4.55. The first-order chi connectivity index (χ1) is 10.1. The van der Waals surface area contributed by atoms with Gasteiger partial charge in [0.25, 0.3) is 0 Å². The van der Waals surface area contributed by atoms with Gasteiger partial charge in [0.05, 0.1) is 23.0 Å². The number of carbonyl (C=O) groups excluding carboxylic acids is 1. The molecule has 0 spiro atoms. The van der Waals surface area contributed by atoms with Gasteiger partial charge in [-0.15, -0.1) is 0 Å². The van der Waals surface area contributed by atoms with Crippen LogP contribution in [0.25, 0.3) is 0 Å². The molecule has 2 aromatic rings. The highest BCUT2D eigenvalue weighted by atomic mass is 35.5. The fourth-order valence-electron chi connectivity index (χ4n) is 1.71. The molecule has 0 fully saturated rings. The van der Waals surface area contributed by atoms with E-state index >= 15 is 0 Å². The summed E-state index contributed by atoms with van der Waals surface area (Å²) in [5, 5.41) is 6.07. The molecule has 0 bridgehead atoms. The number of hydrogen-bond acceptors (Lipinski definition) is 3. The normalized spacial score (nSPS) is 10.0. The predicted octanol–water partition coefficient (Wildman–Crippen LogP) is 4.79. The topological polar surface area (TPSA) is 50.4 Å². The smallest absolute Gasteiger partial charge is 0.411 e. The minimum absolute atomic E-state index is 0.271. The molecule has 0 aliphatic carbocycles. The van der Waals surface area contributed by atoms with Crippen LogP contribution in [0.2, 0.25) is 5.02 Å². The van der Waals surface area contributed by atoms with E-state index in [4.69, 9.17) is 16.3 Å². The van der Waals surface area contributed by atoms with E-state index in [1.807, 2.05) is 0 Å². The van der Waals surface area contributed by atoms with Gasteiger partial charge in [0.15, 0.2) is 0 Å². The van der Waals surface area contributed by atoms with Gasteiger partial charge in [0.1, 0.15) is 5.82 Å². The lowest BCUT2D eigenvalue weighted by Gasteiger charge is -2.14. The van der Waals surface area contributed by atoms with E-state index in [0.717, 1.165) is 0 Å². The Morgan fingerprint density at radius 2 is 1.95 bits per heavy atom. The summed E-state index contributed by atoms with van der Waals surface area (Å²) in [6.07, 6.45) is -0.568. The summed E-state index contributed by atoms with van der Waals surface area (Å²) in [4.78, 5) is 11.5. The van der Waals surface area contributed by atoms with Crippen LogP contribution >= 0.6 is 11.6 Å². The standard InChI is InChI=1S/C15H14ClFN2O2/c1-2-21-15(20)19-13-5-3-4-12(16)14(13)18-11-8-6-10(17)7-9-11/h3-9,18H,2H2,1H3,(H,19,20). The van der Waals surface area contributed by atoms with Gasteiger partial charge in [-0.25, -0.2) is 9.18 Å². The van der Waals surface area contributed by atoms with Crippen molar-refractivity contribution in [2.24, 2.45) is 0 Å². The Kier molecular flexibility index (Phi) is 5.00. The van der Waals surface area contributed by atoms with Gasteiger partial charge in [-0.1, -0.05) is 17.7 Å². The third-order valence-corrected chi connectivity index (χ3v) is 2.95. The molecule has 6 heteroatoms. The van der Waals surface area contributed by atoms with E-state index in [-0.39, 0.29) is 12.4 Å². The highest BCUT2D eigenvalue weighted by molar-refractivity contribution is 6.34. The van der Waals surface area contributed by atoms with E-state index in [1.165, 1.54) is 12.1 Å². The van der Waals surface area contributed by atoms with E-state index in [2.05, 4.69) is 10.6 Å². The zero-order valence-electron chi connectivity index (χ0n) is 11.3. The van der Waals surface area contributed by atoms with Crippen LogP contribution in [0.5, 0.6) is 0 Å². The SMILES string of the molecule is CCOC(=O)Nc1cccc(Cl)c1Nc1ccc(F)cc1. The second kappa shape index (κ2) is 6.95. The van der Waals surface area contributed by atoms with Crippen molar-refractivity contribution in [3.8, 4) is 0 Å². The van der Waals surface area contributed by atoms with E-state index in [1.54, 1.807) is 37.3 Å². The van der Waals surface area contributed by atoms with Crippen molar-refractivity contribution >= 4 is 34.8 Å². The first kappa shape index (κ1) is 15.1. The third-order valence-electron chi connectivity index (χ3n) is 2.64. The molecule has 0 saturated carbocycles. The molecule has 0 atom stereocenters. The van der Waals surface area contributed by atoms with Gasteiger partial charge >= 0.3 is 6.09 Å². The highest BCUT2D eigenvalue weighted by Crippen LogP contribution is 2.33. The number of halogens is 2. The van der Waals surface area contributed by atoms with Crippen LogP contribution in [0.3, 0.4) is 0 Å². The minimum Gasteiger partial charge on any atom is -0.450 e. The van der Waals surface area contributed by atoms with Gasteiger partial charge in [-0.3, -0.25) is 5.32 Å². The first-order valence-electron chi connectivity index (χ1n) is 6.35. The maximum absolute atomic E-state index is 12.9. The summed E-state index contributed by atoms with van der Waals surface area (Å²) in [6, 6.07) is 10.9. The molecule has 0 heterocycles. The molecular formula is C15H14ClFN2O2. The number of anilines is 3. The Bertz CT molecular complexity index is 632. The van der Waals surface area contributed by atoms with Crippen molar-refractivity contribution in [2.45, 2.75) is 6.92 Å². The zero-order chi connectivity index (χ0) is 15.2. The third kappa shape index (κ3) is 4.10. The number of amides is 1. The predicted molar refractivity (Wildman–Crippen MR) is 81.8 cm³/mol. The molecule has 0 aromatic heterocycles. The van der Waals surface area contributed by atoms with Crippen LogP contribution in [-0.2, 0) is 4.74 Å². The monoisotopic (exact) mass is 308 g/mol. The molecule has 0 aliphatic rings. The Morgan fingerprint density at radius 1 is 1.24 bits per heavy atom. The summed E-state index contributed by atoms with van der Waals surface area (Å²) in [5.74, 6) is -0.329. The van der Waals surface area contributed by atoms with Gasteiger partial charge < -0.3 is 10.1 Å². The van der Waals surface area contributed by atoms with Crippen molar-refractivity contribution in [3.05, 3.63) is 53.3 Å². The molecule has 0 aliphatic heterocycles. The molecule has 0 saturated heterocycles. The van der Waals surface area contributed by atoms with Crippen LogP contribution < -0.4 is 10.6 Å². The number of nitrogens with one attached hydrogen (secondary N) is 2. The lowest BCUT2D eigenvalue weighted by Crippen LogP contribution is -2.14. The van der Waals surface area contributed by atoms with Gasteiger partial charge in [0, 0.05) is 5.69 Å². The lowest BCUT2D eigenvalue weighted by molar-refractivity contribution is 0.168. The summed E-state index contributed by atoms with van der Waals surface area (Å²) < 4.78 is 17.7. The van der Waals surface area contributed by atoms with Crippen LogP contribution in [0.15, 0.2) is 42.5 Å². The average molecular weight is 309 g/mol. The Labute approximate surface area is 126 Å². The zero-order valence-corrected chi connectivity index (χ0v) is 12.1. The number of benzene rings is 2. The van der Waals surface area contributed by atoms with Crippen LogP contribution in [0, 0.1) is 5.82 Å². The van der Waals surface area contributed by atoms with E-state index < -0.39 is 6.09 Å². The highest BCUT2D eigenvalue weighted by Gasteiger charge is 2.11. The lowest BCUT2D eigenvalue weighted by atomic mass is 10.2. The molecule has 110 valence electrons. The van der Waals surface area contributed by atoms with E-state index in [9.17, 15) is 9.18 Å². The molecule has 2 aromatic carbocycles. The number of para-hydroxylation sites is 1. The number of carbonyl (C=O) groups is 1. The fraction of sp³-hybridized carbons (Fsp3) is 0.133. The Balaban J connectivity index is 2.25. The maximum Gasteiger partial charge on any atom is 0.411 e. The molecule has 2 N–H and O–H groups in total. The van der Waals surface area contributed by atoms with Crippen molar-refractivity contribution < 1.29 is 13.9 Å². The molecule has 0 radical (unpaired) electrons. The summed E-state index contributed by atoms with van der Waals surface area (Å²) in [7, 11) is 0. The summed E-state index contributed by atoms with van der Waals surface area (Å²) in [6.45, 7) is 1.99. The average Bonchev–Trinajstić information content (AvgIpc) is 2.45. The summed E-state index contributed by atoms with van der Waals surface area (Å²) in [5.41, 5.74) is 1.64. The Hall–Kier alpha value is -2.27. The second-order valence-electron chi connectivity index (χ2n) is 4.14. The first-order valence-corrected chi connectivity index (χ1v) is 6.73. The number of hydrogen-bond donors (Lipinski definition) is 2. The van der Waals surface area contributed by atoms with Crippen LogP contribution in [0.4, 0.5) is 26.2 Å². The maximum atomic E-state index is 12.9. The van der Waals surface area contributed by atoms with Crippen molar-refractivity contribution in [1.82, 2.24) is 0 Å². The molecule has 21 heavy (non-hydrogen) atoms. The number of rotatable bonds is 4. The molecule has 4 nitrogen and oxygen atoms in total. The van der Waals surface area contributed by atoms with Crippen LogP contribution in [-0.4, -0.2) is 12.7 Å². The minimum atomic E-state index is -0.568. The molecule has 2 rings (SSSR count). The van der Waals surface area contributed by atoms with Crippen LogP contribution in [0.1, 0.15) is 6.92 Å². The number of ether oxygens (including phenoxy) is 1. The fourth-order valence-corrected chi connectivity index (χ4v) is 1.93. The van der Waals surface area contributed by atoms with Gasteiger partial charge in [0.2, 0.25) is 0 Å². The van der Waals surface area contributed by atoms with Crippen molar-refractivity contribution in [1.29, 1.82) is 0 Å². The summed E-state index contributed by atoms with van der Waals surface area (Å²) >= 11 is 6.14. The largest absolute Gasteiger partial charge is 0.450 e. The van der Waals surface area contributed by atoms with Crippen molar-refractivity contribution in [2.75, 3.05) is 17.2 Å². The van der Waals surface area contributed by atoms with Crippen molar-refractivity contribution in [3.63, 3.8) is 0 Å². The Morgan fingerprint density at radius 3 is 2.62 bits per heavy atom. The molecule has 0 unspecified atom stereocenters. The van der Waals surface area contributed by atoms with Gasteiger partial charge in [-0.05, 0) is 43.3 Å². The molecular weight excluding hydrogens is 295 g/mol. The van der Waals surface area contributed by atoms with Gasteiger partial charge in [-0.2, -0.15) is 0 Å².